The Morgan fingerprint density at radius 1 is 0.940 bits per heavy atom. The van der Waals surface area contributed by atoms with Crippen molar-refractivity contribution in [1.82, 2.24) is 24.7 Å². The van der Waals surface area contributed by atoms with Crippen LogP contribution in [-0.2, 0) is 11.3 Å². The van der Waals surface area contributed by atoms with Crippen molar-refractivity contribution < 1.29 is 23.9 Å². The fourth-order valence-corrected chi connectivity index (χ4v) is 6.23. The number of aryl methyl sites for hydroxylation is 1. The molecule has 2 amide bonds. The van der Waals surface area contributed by atoms with E-state index in [4.69, 9.17) is 15.2 Å². The average Bonchev–Trinajstić information content (AvgIpc) is 3.51. The van der Waals surface area contributed by atoms with Gasteiger partial charge in [0.05, 0.1) is 59.4 Å². The van der Waals surface area contributed by atoms with Crippen LogP contribution < -0.4 is 20.1 Å². The van der Waals surface area contributed by atoms with Crippen LogP contribution in [0, 0.1) is 6.92 Å². The highest BCUT2D eigenvalue weighted by Gasteiger charge is 2.26. The predicted molar refractivity (Wildman–Crippen MR) is 196 cm³/mol. The van der Waals surface area contributed by atoms with E-state index in [0.29, 0.717) is 42.1 Å². The number of nitrogens with one attached hydrogen (secondary N) is 1. The second-order valence-corrected chi connectivity index (χ2v) is 13.2. The first-order chi connectivity index (χ1) is 24.0. The molecule has 3 N–H and O–H groups in total. The van der Waals surface area contributed by atoms with Crippen LogP contribution in [0.1, 0.15) is 63.4 Å². The fraction of sp³-hybridized carbons (Fsp3) is 0.421. The molecule has 266 valence electrons. The van der Waals surface area contributed by atoms with Gasteiger partial charge in [0.2, 0.25) is 5.91 Å². The van der Waals surface area contributed by atoms with Crippen LogP contribution in [0.4, 0.5) is 11.4 Å². The topological polar surface area (TPSA) is 137 Å². The van der Waals surface area contributed by atoms with Crippen molar-refractivity contribution in [2.45, 2.75) is 39.2 Å². The van der Waals surface area contributed by atoms with E-state index >= 15 is 0 Å². The summed E-state index contributed by atoms with van der Waals surface area (Å²) < 4.78 is 11.8. The normalized spacial score (nSPS) is 13.5. The van der Waals surface area contributed by atoms with Gasteiger partial charge < -0.3 is 39.8 Å². The maximum atomic E-state index is 13.9. The molecule has 1 aliphatic heterocycles. The molecule has 1 aromatic heterocycles. The number of unbranched alkanes of at least 4 members (excludes halogenated alkanes) is 2. The number of methoxy groups -OCH3 is 1. The van der Waals surface area contributed by atoms with Crippen molar-refractivity contribution in [3.8, 4) is 11.5 Å². The number of likely N-dealkylation sites (N-methyl/N-ethyl adjacent to an activating group) is 1. The number of ketones is 1. The van der Waals surface area contributed by atoms with Gasteiger partial charge in [-0.3, -0.25) is 14.4 Å². The number of aromatic nitrogens is 2. The zero-order valence-electron chi connectivity index (χ0n) is 30.0. The Balaban J connectivity index is 1.26. The van der Waals surface area contributed by atoms with Crippen molar-refractivity contribution in [3.63, 3.8) is 0 Å². The first-order valence-corrected chi connectivity index (χ1v) is 17.1. The molecular formula is C38H49N7O5. The highest BCUT2D eigenvalue weighted by Crippen LogP contribution is 2.36. The largest absolute Gasteiger partial charge is 0.494 e. The third-order valence-corrected chi connectivity index (χ3v) is 9.08. The molecule has 12 nitrogen and oxygen atoms in total. The molecule has 50 heavy (non-hydrogen) atoms. The zero-order valence-corrected chi connectivity index (χ0v) is 30.0. The molecule has 0 spiro atoms. The van der Waals surface area contributed by atoms with E-state index in [1.54, 1.807) is 31.3 Å². The minimum absolute atomic E-state index is 0.0680. The van der Waals surface area contributed by atoms with Crippen molar-refractivity contribution in [3.05, 3.63) is 76.6 Å². The molecule has 5 rings (SSSR count). The summed E-state index contributed by atoms with van der Waals surface area (Å²) in [6, 6.07) is 14.2. The lowest BCUT2D eigenvalue weighted by Gasteiger charge is -2.32. The fourth-order valence-electron chi connectivity index (χ4n) is 6.23. The summed E-state index contributed by atoms with van der Waals surface area (Å²) in [5.74, 6) is 0.978. The number of fused-ring (bicyclic) bond motifs is 1. The number of piperazine rings is 1. The molecule has 4 aromatic rings. The van der Waals surface area contributed by atoms with Gasteiger partial charge >= 0.3 is 0 Å². The number of anilines is 2. The second kappa shape index (κ2) is 16.2. The Kier molecular flexibility index (Phi) is 11.8. The highest BCUT2D eigenvalue weighted by atomic mass is 16.5. The average molecular weight is 684 g/mol. The maximum Gasteiger partial charge on any atom is 0.260 e. The molecule has 0 aliphatic carbocycles. The van der Waals surface area contributed by atoms with Crippen LogP contribution in [0.5, 0.6) is 11.5 Å². The maximum absolute atomic E-state index is 13.9. The van der Waals surface area contributed by atoms with Crippen molar-refractivity contribution >= 4 is 40.0 Å². The Bertz CT molecular complexity index is 1840. The van der Waals surface area contributed by atoms with Crippen LogP contribution >= 0.6 is 0 Å². The quantitative estimate of drug-likeness (QED) is 0.110. The number of carbonyl (C=O) groups excluding carboxylic acids is 3. The Morgan fingerprint density at radius 2 is 1.68 bits per heavy atom. The summed E-state index contributed by atoms with van der Waals surface area (Å²) in [6.45, 7) is 6.44. The SMILES string of the molecule is COc1c(C(=O)c2cccc3[nH]c(CN(C)C)nc23)ccc(C(=O)N(C)c2ccc(C)cc2OCCCCCC(=O)N2CCN(C)CC2)c1N. The Labute approximate surface area is 294 Å². The smallest absolute Gasteiger partial charge is 0.260 e. The lowest BCUT2D eigenvalue weighted by molar-refractivity contribution is -0.132. The number of amides is 2. The minimum Gasteiger partial charge on any atom is -0.494 e. The number of hydrogen-bond donors (Lipinski definition) is 2. The molecule has 1 fully saturated rings. The number of nitrogens with two attached hydrogens (primary N) is 1. The summed E-state index contributed by atoms with van der Waals surface area (Å²) in [4.78, 5) is 56.0. The van der Waals surface area contributed by atoms with Crippen LogP contribution in [-0.4, -0.2) is 110 Å². The van der Waals surface area contributed by atoms with Gasteiger partial charge in [0.1, 0.15) is 11.6 Å². The number of ether oxygens (including phenoxy) is 2. The molecule has 0 saturated carbocycles. The number of aromatic amines is 1. The number of rotatable bonds is 14. The van der Waals surface area contributed by atoms with E-state index in [-0.39, 0.29) is 40.2 Å². The van der Waals surface area contributed by atoms with Crippen LogP contribution in [0.2, 0.25) is 0 Å². The lowest BCUT2D eigenvalue weighted by atomic mass is 9.98. The van der Waals surface area contributed by atoms with Crippen LogP contribution in [0.25, 0.3) is 11.0 Å². The number of para-hydroxylation sites is 1. The summed E-state index contributed by atoms with van der Waals surface area (Å²) in [5, 5.41) is 0. The highest BCUT2D eigenvalue weighted by molar-refractivity contribution is 6.19. The van der Waals surface area contributed by atoms with Crippen LogP contribution in [0.15, 0.2) is 48.5 Å². The number of nitrogen functional groups attached to an aromatic ring is 1. The number of carbonyl (C=O) groups is 3. The van der Waals surface area contributed by atoms with Crippen molar-refractivity contribution in [1.29, 1.82) is 0 Å². The summed E-state index contributed by atoms with van der Waals surface area (Å²) in [5.41, 5.74) is 10.3. The first-order valence-electron chi connectivity index (χ1n) is 17.1. The molecule has 1 saturated heterocycles. The van der Waals surface area contributed by atoms with Gasteiger partial charge in [-0.25, -0.2) is 4.98 Å². The number of imidazole rings is 1. The standard InChI is InChI=1S/C38H49N7O5/c1-25-14-17-30(31(23-25)50-22-9-7-8-13-33(46)45-20-18-43(4)19-21-45)44(5)38(48)26-15-16-28(37(49-6)34(26)39)36(47)27-11-10-12-29-35(27)41-32(40-29)24-42(2)3/h10-12,14-17,23H,7-9,13,18-22,24,39H2,1-6H3,(H,40,41). The molecule has 2 heterocycles. The monoisotopic (exact) mass is 683 g/mol. The van der Waals surface area contributed by atoms with Gasteiger partial charge in [0.15, 0.2) is 11.5 Å². The Morgan fingerprint density at radius 3 is 2.40 bits per heavy atom. The molecule has 0 unspecified atom stereocenters. The van der Waals surface area contributed by atoms with Crippen molar-refractivity contribution in [2.24, 2.45) is 0 Å². The summed E-state index contributed by atoms with van der Waals surface area (Å²) >= 11 is 0. The van der Waals surface area contributed by atoms with E-state index in [9.17, 15) is 14.4 Å². The van der Waals surface area contributed by atoms with Gasteiger partial charge in [-0.15, -0.1) is 0 Å². The summed E-state index contributed by atoms with van der Waals surface area (Å²) in [7, 11) is 9.07. The molecule has 0 bridgehead atoms. The van der Waals surface area contributed by atoms with E-state index in [2.05, 4.69) is 21.9 Å². The van der Waals surface area contributed by atoms with Gasteiger partial charge in [-0.1, -0.05) is 12.1 Å². The number of H-pyrrole nitrogens is 1. The first kappa shape index (κ1) is 36.3. The third kappa shape index (κ3) is 8.26. The van der Waals surface area contributed by atoms with Gasteiger partial charge in [0.25, 0.3) is 5.91 Å². The van der Waals surface area contributed by atoms with E-state index in [0.717, 1.165) is 62.3 Å². The second-order valence-electron chi connectivity index (χ2n) is 13.2. The number of benzene rings is 3. The van der Waals surface area contributed by atoms with Gasteiger partial charge in [-0.2, -0.15) is 0 Å². The molecular weight excluding hydrogens is 634 g/mol. The minimum atomic E-state index is -0.376. The van der Waals surface area contributed by atoms with Crippen LogP contribution in [0.3, 0.4) is 0 Å². The molecule has 0 radical (unpaired) electrons. The number of nitrogens with zero attached hydrogens (tertiary/aromatic N) is 5. The van der Waals surface area contributed by atoms with E-state index in [1.165, 1.54) is 12.0 Å². The Hall–Kier alpha value is -4.94. The number of hydrogen-bond acceptors (Lipinski definition) is 9. The van der Waals surface area contributed by atoms with E-state index < -0.39 is 0 Å². The lowest BCUT2D eigenvalue weighted by Crippen LogP contribution is -2.47. The molecule has 12 heteroatoms. The van der Waals surface area contributed by atoms with Gasteiger partial charge in [0, 0.05) is 39.6 Å². The molecule has 0 atom stereocenters. The third-order valence-electron chi connectivity index (χ3n) is 9.08. The van der Waals surface area contributed by atoms with Gasteiger partial charge in [-0.05, 0) is 89.3 Å². The molecule has 3 aromatic carbocycles. The predicted octanol–water partition coefficient (Wildman–Crippen LogP) is 4.74. The summed E-state index contributed by atoms with van der Waals surface area (Å²) in [6.07, 6.45) is 3.00. The zero-order chi connectivity index (χ0) is 35.9. The van der Waals surface area contributed by atoms with E-state index in [1.807, 2.05) is 55.1 Å². The van der Waals surface area contributed by atoms with Crippen molar-refractivity contribution in [2.75, 3.05) is 78.7 Å². The molecule has 1 aliphatic rings.